The molecule has 116 valence electrons. The van der Waals surface area contributed by atoms with Gasteiger partial charge in [-0.2, -0.15) is 0 Å². The molecule has 21 heavy (non-hydrogen) atoms. The molecule has 1 fully saturated rings. The van der Waals surface area contributed by atoms with Crippen LogP contribution in [0.15, 0.2) is 30.3 Å². The third kappa shape index (κ3) is 3.97. The zero-order valence-corrected chi connectivity index (χ0v) is 13.0. The van der Waals surface area contributed by atoms with E-state index in [1.54, 1.807) is 4.90 Å². The highest BCUT2D eigenvalue weighted by Crippen LogP contribution is 2.21. The smallest absolute Gasteiger partial charge is 0.410 e. The SMILES string of the molecule is CC(C)[C@@H](O)[C@H](C)CN1C(=O)OC[C@@H]1Cc1ccccc1. The van der Waals surface area contributed by atoms with Crippen molar-refractivity contribution in [2.75, 3.05) is 13.2 Å². The van der Waals surface area contributed by atoms with Crippen molar-refractivity contribution in [2.24, 2.45) is 11.8 Å². The van der Waals surface area contributed by atoms with E-state index < -0.39 is 6.10 Å². The van der Waals surface area contributed by atoms with Gasteiger partial charge in [0, 0.05) is 12.5 Å². The third-order valence-electron chi connectivity index (χ3n) is 4.14. The first-order chi connectivity index (χ1) is 9.99. The minimum Gasteiger partial charge on any atom is -0.447 e. The lowest BCUT2D eigenvalue weighted by Gasteiger charge is -2.29. The van der Waals surface area contributed by atoms with Gasteiger partial charge < -0.3 is 14.7 Å². The molecule has 4 nitrogen and oxygen atoms in total. The molecule has 1 aromatic rings. The summed E-state index contributed by atoms with van der Waals surface area (Å²) in [4.78, 5) is 13.7. The number of hydrogen-bond donors (Lipinski definition) is 1. The van der Waals surface area contributed by atoms with Gasteiger partial charge in [0.15, 0.2) is 0 Å². The number of aliphatic hydroxyl groups excluding tert-OH is 1. The van der Waals surface area contributed by atoms with Gasteiger partial charge in [-0.15, -0.1) is 0 Å². The first kappa shape index (κ1) is 15.8. The van der Waals surface area contributed by atoms with Crippen molar-refractivity contribution in [1.29, 1.82) is 0 Å². The van der Waals surface area contributed by atoms with E-state index in [0.717, 1.165) is 6.42 Å². The van der Waals surface area contributed by atoms with Crippen LogP contribution in [0.3, 0.4) is 0 Å². The van der Waals surface area contributed by atoms with Crippen LogP contribution in [0.5, 0.6) is 0 Å². The van der Waals surface area contributed by atoms with Crippen LogP contribution < -0.4 is 0 Å². The van der Waals surface area contributed by atoms with Gasteiger partial charge in [-0.3, -0.25) is 0 Å². The predicted octanol–water partition coefficient (Wildman–Crippen LogP) is 2.70. The fraction of sp³-hybridized carbons (Fsp3) is 0.588. The Morgan fingerprint density at radius 3 is 2.57 bits per heavy atom. The van der Waals surface area contributed by atoms with Crippen molar-refractivity contribution < 1.29 is 14.6 Å². The lowest BCUT2D eigenvalue weighted by Crippen LogP contribution is -2.41. The lowest BCUT2D eigenvalue weighted by atomic mass is 9.94. The maximum atomic E-state index is 11.9. The van der Waals surface area contributed by atoms with Crippen LogP contribution in [-0.4, -0.2) is 41.4 Å². The van der Waals surface area contributed by atoms with Crippen molar-refractivity contribution in [1.82, 2.24) is 4.90 Å². The number of carbonyl (C=O) groups excluding carboxylic acids is 1. The normalized spacial score (nSPS) is 21.5. The highest BCUT2D eigenvalue weighted by molar-refractivity contribution is 5.70. The average molecular weight is 291 g/mol. The number of ether oxygens (including phenoxy) is 1. The van der Waals surface area contributed by atoms with E-state index in [2.05, 4.69) is 12.1 Å². The van der Waals surface area contributed by atoms with Crippen LogP contribution in [0.2, 0.25) is 0 Å². The predicted molar refractivity (Wildman–Crippen MR) is 82.0 cm³/mol. The quantitative estimate of drug-likeness (QED) is 0.876. The molecule has 4 heteroatoms. The number of rotatable bonds is 6. The second kappa shape index (κ2) is 6.94. The summed E-state index contributed by atoms with van der Waals surface area (Å²) >= 11 is 0. The van der Waals surface area contributed by atoms with Crippen LogP contribution in [0.25, 0.3) is 0 Å². The summed E-state index contributed by atoms with van der Waals surface area (Å²) in [6, 6.07) is 10.2. The summed E-state index contributed by atoms with van der Waals surface area (Å²) in [6.45, 7) is 6.93. The fourth-order valence-corrected chi connectivity index (χ4v) is 2.84. The van der Waals surface area contributed by atoms with Crippen molar-refractivity contribution >= 4 is 6.09 Å². The average Bonchev–Trinajstić information content (AvgIpc) is 2.80. The van der Waals surface area contributed by atoms with Crippen molar-refractivity contribution in [3.63, 3.8) is 0 Å². The maximum absolute atomic E-state index is 11.9. The number of cyclic esters (lactones) is 1. The van der Waals surface area contributed by atoms with E-state index >= 15 is 0 Å². The van der Waals surface area contributed by atoms with Gasteiger partial charge in [-0.05, 0) is 17.9 Å². The summed E-state index contributed by atoms with van der Waals surface area (Å²) in [5.74, 6) is 0.222. The number of aliphatic hydroxyl groups is 1. The number of nitrogens with zero attached hydrogens (tertiary/aromatic N) is 1. The van der Waals surface area contributed by atoms with Gasteiger partial charge in [0.2, 0.25) is 0 Å². The molecule has 1 saturated heterocycles. The van der Waals surface area contributed by atoms with Gasteiger partial charge in [0.05, 0.1) is 12.1 Å². The molecule has 0 bridgehead atoms. The van der Waals surface area contributed by atoms with E-state index in [0.29, 0.717) is 13.2 Å². The molecule has 0 radical (unpaired) electrons. The van der Waals surface area contributed by atoms with Gasteiger partial charge >= 0.3 is 6.09 Å². The Morgan fingerprint density at radius 1 is 1.29 bits per heavy atom. The highest BCUT2D eigenvalue weighted by atomic mass is 16.6. The third-order valence-corrected chi connectivity index (χ3v) is 4.14. The second-order valence-electron chi connectivity index (χ2n) is 6.28. The molecule has 3 atom stereocenters. The Kier molecular flexibility index (Phi) is 5.23. The molecule has 2 rings (SSSR count). The minimum atomic E-state index is -0.407. The van der Waals surface area contributed by atoms with Crippen molar-refractivity contribution in [3.05, 3.63) is 35.9 Å². The molecular weight excluding hydrogens is 266 g/mol. The summed E-state index contributed by atoms with van der Waals surface area (Å²) < 4.78 is 5.20. The van der Waals surface area contributed by atoms with Gasteiger partial charge in [0.25, 0.3) is 0 Å². The molecular formula is C17H25NO3. The Labute approximate surface area is 126 Å². The summed E-state index contributed by atoms with van der Waals surface area (Å²) in [6.07, 6.45) is 0.117. The fourth-order valence-electron chi connectivity index (χ4n) is 2.84. The van der Waals surface area contributed by atoms with E-state index in [1.165, 1.54) is 5.56 Å². The number of benzene rings is 1. The number of carbonyl (C=O) groups is 1. The van der Waals surface area contributed by atoms with Gasteiger partial charge in [-0.1, -0.05) is 51.1 Å². The minimum absolute atomic E-state index is 0.0360. The molecule has 1 N–H and O–H groups in total. The molecule has 1 aromatic carbocycles. The standard InChI is InChI=1S/C17H25NO3/c1-12(2)16(19)13(3)10-18-15(11-21-17(18)20)9-14-7-5-4-6-8-14/h4-8,12-13,15-16,19H,9-11H2,1-3H3/t13-,15+,16-/m1/s1. The molecule has 0 spiro atoms. The largest absolute Gasteiger partial charge is 0.447 e. The molecule has 0 aromatic heterocycles. The Balaban J connectivity index is 2.00. The topological polar surface area (TPSA) is 49.8 Å². The molecule has 0 aliphatic carbocycles. The Morgan fingerprint density at radius 2 is 1.95 bits per heavy atom. The second-order valence-corrected chi connectivity index (χ2v) is 6.28. The van der Waals surface area contributed by atoms with Crippen LogP contribution >= 0.6 is 0 Å². The summed E-state index contributed by atoms with van der Waals surface area (Å²) in [7, 11) is 0. The Hall–Kier alpha value is -1.55. The molecule has 1 aliphatic heterocycles. The summed E-state index contributed by atoms with van der Waals surface area (Å²) in [5.41, 5.74) is 1.20. The zero-order chi connectivity index (χ0) is 15.4. The highest BCUT2D eigenvalue weighted by Gasteiger charge is 2.35. The first-order valence-electron chi connectivity index (χ1n) is 7.64. The van der Waals surface area contributed by atoms with Crippen LogP contribution in [0.1, 0.15) is 26.3 Å². The molecule has 1 aliphatic rings. The molecule has 0 saturated carbocycles. The monoisotopic (exact) mass is 291 g/mol. The number of amides is 1. The Bertz CT molecular complexity index is 460. The van der Waals surface area contributed by atoms with Crippen LogP contribution in [-0.2, 0) is 11.2 Å². The molecule has 1 amide bonds. The van der Waals surface area contributed by atoms with Gasteiger partial charge in [-0.25, -0.2) is 4.79 Å². The van der Waals surface area contributed by atoms with Crippen LogP contribution in [0.4, 0.5) is 4.79 Å². The number of hydrogen-bond acceptors (Lipinski definition) is 3. The van der Waals surface area contributed by atoms with Crippen LogP contribution in [0, 0.1) is 11.8 Å². The van der Waals surface area contributed by atoms with E-state index in [9.17, 15) is 9.90 Å². The van der Waals surface area contributed by atoms with E-state index in [4.69, 9.17) is 4.74 Å². The van der Waals surface area contributed by atoms with E-state index in [1.807, 2.05) is 39.0 Å². The van der Waals surface area contributed by atoms with E-state index in [-0.39, 0.29) is 24.0 Å². The zero-order valence-electron chi connectivity index (χ0n) is 13.0. The van der Waals surface area contributed by atoms with Crippen molar-refractivity contribution in [3.8, 4) is 0 Å². The maximum Gasteiger partial charge on any atom is 0.410 e. The summed E-state index contributed by atoms with van der Waals surface area (Å²) in [5, 5.41) is 10.1. The first-order valence-corrected chi connectivity index (χ1v) is 7.64. The van der Waals surface area contributed by atoms with Crippen molar-refractivity contribution in [2.45, 2.75) is 39.3 Å². The lowest BCUT2D eigenvalue weighted by molar-refractivity contribution is 0.0547. The molecule has 0 unspecified atom stereocenters. The molecule has 1 heterocycles. The van der Waals surface area contributed by atoms with Gasteiger partial charge in [0.1, 0.15) is 6.61 Å².